The number of ether oxygens (including phenoxy) is 1. The van der Waals surface area contributed by atoms with Crippen LogP contribution < -0.4 is 15.5 Å². The molecule has 0 radical (unpaired) electrons. The standard InChI is InChI=1S/C16H17N3OS/c1-12-3-7-14(8-4-12)18-16(21)19-17-11-13-5-9-15(20-2)10-6-13/h3-11H,1-2H3,(H2,18,19,21). The second kappa shape index (κ2) is 7.40. The molecule has 4 nitrogen and oxygen atoms in total. The van der Waals surface area contributed by atoms with Crippen LogP contribution in [-0.4, -0.2) is 18.4 Å². The first-order chi connectivity index (χ1) is 10.2. The SMILES string of the molecule is COc1ccc(C=NNC(=S)Nc2ccc(C)cc2)cc1. The van der Waals surface area contributed by atoms with Crippen LogP contribution in [0.25, 0.3) is 0 Å². The lowest BCUT2D eigenvalue weighted by Gasteiger charge is -2.07. The summed E-state index contributed by atoms with van der Waals surface area (Å²) in [6.45, 7) is 2.04. The Kier molecular flexibility index (Phi) is 5.29. The van der Waals surface area contributed by atoms with E-state index in [9.17, 15) is 0 Å². The Bertz CT molecular complexity index is 621. The molecule has 2 N–H and O–H groups in total. The van der Waals surface area contributed by atoms with Gasteiger partial charge in [0.15, 0.2) is 5.11 Å². The van der Waals surface area contributed by atoms with Gasteiger partial charge in [0.1, 0.15) is 5.75 Å². The molecule has 0 aliphatic heterocycles. The maximum Gasteiger partial charge on any atom is 0.191 e. The molecule has 2 aromatic carbocycles. The van der Waals surface area contributed by atoms with Crippen LogP contribution in [0.3, 0.4) is 0 Å². The average molecular weight is 299 g/mol. The van der Waals surface area contributed by atoms with E-state index in [1.807, 2.05) is 55.5 Å². The van der Waals surface area contributed by atoms with Crippen LogP contribution >= 0.6 is 12.2 Å². The molecule has 0 heterocycles. The highest BCUT2D eigenvalue weighted by molar-refractivity contribution is 7.80. The zero-order valence-corrected chi connectivity index (χ0v) is 12.8. The molecule has 0 aliphatic rings. The lowest BCUT2D eigenvalue weighted by molar-refractivity contribution is 0.415. The molecule has 0 aromatic heterocycles. The number of hydrazone groups is 1. The summed E-state index contributed by atoms with van der Waals surface area (Å²) >= 11 is 5.17. The molecule has 21 heavy (non-hydrogen) atoms. The quantitative estimate of drug-likeness (QED) is 0.516. The van der Waals surface area contributed by atoms with Crippen LogP contribution in [0.1, 0.15) is 11.1 Å². The second-order valence-electron chi connectivity index (χ2n) is 4.46. The molecule has 2 aromatic rings. The van der Waals surface area contributed by atoms with Gasteiger partial charge in [0.25, 0.3) is 0 Å². The Morgan fingerprint density at radius 2 is 1.76 bits per heavy atom. The number of nitrogens with zero attached hydrogens (tertiary/aromatic N) is 1. The third kappa shape index (κ3) is 4.89. The van der Waals surface area contributed by atoms with Crippen molar-refractivity contribution in [2.24, 2.45) is 5.10 Å². The van der Waals surface area contributed by atoms with Crippen molar-refractivity contribution < 1.29 is 4.74 Å². The minimum Gasteiger partial charge on any atom is -0.497 e. The number of anilines is 1. The van der Waals surface area contributed by atoms with Gasteiger partial charge in [-0.25, -0.2) is 0 Å². The molecular weight excluding hydrogens is 282 g/mol. The smallest absolute Gasteiger partial charge is 0.191 e. The van der Waals surface area contributed by atoms with E-state index in [1.54, 1.807) is 13.3 Å². The maximum atomic E-state index is 5.17. The largest absolute Gasteiger partial charge is 0.497 e. The molecule has 0 fully saturated rings. The van der Waals surface area contributed by atoms with E-state index in [-0.39, 0.29) is 0 Å². The van der Waals surface area contributed by atoms with Gasteiger partial charge < -0.3 is 10.1 Å². The Hall–Kier alpha value is -2.40. The van der Waals surface area contributed by atoms with Gasteiger partial charge in [-0.1, -0.05) is 17.7 Å². The predicted molar refractivity (Wildman–Crippen MR) is 91.1 cm³/mol. The number of benzene rings is 2. The highest BCUT2D eigenvalue weighted by Crippen LogP contribution is 2.10. The van der Waals surface area contributed by atoms with Gasteiger partial charge in [-0.15, -0.1) is 0 Å². The maximum absolute atomic E-state index is 5.17. The van der Waals surface area contributed by atoms with Gasteiger partial charge in [0, 0.05) is 5.69 Å². The molecule has 0 unspecified atom stereocenters. The summed E-state index contributed by atoms with van der Waals surface area (Å²) in [5.74, 6) is 0.816. The number of hydrogen-bond acceptors (Lipinski definition) is 3. The summed E-state index contributed by atoms with van der Waals surface area (Å²) in [5, 5.41) is 7.60. The van der Waals surface area contributed by atoms with Crippen molar-refractivity contribution in [3.05, 3.63) is 59.7 Å². The Morgan fingerprint density at radius 3 is 2.38 bits per heavy atom. The van der Waals surface area contributed by atoms with Gasteiger partial charge >= 0.3 is 0 Å². The topological polar surface area (TPSA) is 45.6 Å². The summed E-state index contributed by atoms with van der Waals surface area (Å²) in [6.07, 6.45) is 1.70. The van der Waals surface area contributed by atoms with Crippen LogP contribution in [0.5, 0.6) is 5.75 Å². The molecule has 0 aliphatic carbocycles. The van der Waals surface area contributed by atoms with Gasteiger partial charge in [-0.05, 0) is 61.1 Å². The fraction of sp³-hybridized carbons (Fsp3) is 0.125. The molecule has 0 spiro atoms. The molecule has 0 amide bonds. The summed E-state index contributed by atoms with van der Waals surface area (Å²) in [7, 11) is 1.64. The van der Waals surface area contributed by atoms with Gasteiger partial charge in [-0.2, -0.15) is 5.10 Å². The summed E-state index contributed by atoms with van der Waals surface area (Å²) in [6, 6.07) is 15.6. The lowest BCUT2D eigenvalue weighted by atomic mass is 10.2. The molecule has 108 valence electrons. The molecule has 0 bridgehead atoms. The van der Waals surface area contributed by atoms with Crippen LogP contribution in [0, 0.1) is 6.92 Å². The Morgan fingerprint density at radius 1 is 1.10 bits per heavy atom. The van der Waals surface area contributed by atoms with Crippen molar-refractivity contribution in [2.75, 3.05) is 12.4 Å². The van der Waals surface area contributed by atoms with E-state index in [0.29, 0.717) is 5.11 Å². The van der Waals surface area contributed by atoms with Gasteiger partial charge in [0.2, 0.25) is 0 Å². The fourth-order valence-corrected chi connectivity index (χ4v) is 1.82. The predicted octanol–water partition coefficient (Wildman–Crippen LogP) is 3.32. The van der Waals surface area contributed by atoms with E-state index in [4.69, 9.17) is 17.0 Å². The zero-order chi connectivity index (χ0) is 15.1. The van der Waals surface area contributed by atoms with E-state index < -0.39 is 0 Å². The van der Waals surface area contributed by atoms with Crippen molar-refractivity contribution in [1.29, 1.82) is 0 Å². The summed E-state index contributed by atoms with van der Waals surface area (Å²) in [4.78, 5) is 0. The number of rotatable bonds is 4. The molecule has 2 rings (SSSR count). The highest BCUT2D eigenvalue weighted by atomic mass is 32.1. The van der Waals surface area contributed by atoms with Crippen LogP contribution in [0.4, 0.5) is 5.69 Å². The molecular formula is C16H17N3OS. The monoisotopic (exact) mass is 299 g/mol. The molecule has 0 atom stereocenters. The van der Waals surface area contributed by atoms with Gasteiger partial charge in [0.05, 0.1) is 13.3 Å². The summed E-state index contributed by atoms with van der Waals surface area (Å²) < 4.78 is 5.10. The summed E-state index contributed by atoms with van der Waals surface area (Å²) in [5.41, 5.74) is 5.88. The minimum absolute atomic E-state index is 0.448. The van der Waals surface area contributed by atoms with Crippen molar-refractivity contribution >= 4 is 29.2 Å². The van der Waals surface area contributed by atoms with Crippen LogP contribution in [0.15, 0.2) is 53.6 Å². The number of aryl methyl sites for hydroxylation is 1. The van der Waals surface area contributed by atoms with E-state index >= 15 is 0 Å². The van der Waals surface area contributed by atoms with Gasteiger partial charge in [-0.3, -0.25) is 5.43 Å². The zero-order valence-electron chi connectivity index (χ0n) is 12.0. The second-order valence-corrected chi connectivity index (χ2v) is 4.87. The average Bonchev–Trinajstić information content (AvgIpc) is 2.50. The Balaban J connectivity index is 1.85. The fourth-order valence-electron chi connectivity index (χ4n) is 1.65. The van der Waals surface area contributed by atoms with Crippen molar-refractivity contribution in [3.8, 4) is 5.75 Å². The number of thiocarbonyl (C=S) groups is 1. The molecule has 5 heteroatoms. The van der Waals surface area contributed by atoms with Crippen molar-refractivity contribution in [1.82, 2.24) is 5.43 Å². The number of nitrogens with one attached hydrogen (secondary N) is 2. The molecule has 0 saturated carbocycles. The number of hydrogen-bond donors (Lipinski definition) is 2. The van der Waals surface area contributed by atoms with E-state index in [1.165, 1.54) is 5.56 Å². The number of methoxy groups -OCH3 is 1. The lowest BCUT2D eigenvalue weighted by Crippen LogP contribution is -2.23. The van der Waals surface area contributed by atoms with Crippen molar-refractivity contribution in [2.45, 2.75) is 6.92 Å². The third-order valence-corrected chi connectivity index (χ3v) is 3.00. The first kappa shape index (κ1) is 15.0. The third-order valence-electron chi connectivity index (χ3n) is 2.80. The van der Waals surface area contributed by atoms with Crippen LogP contribution in [-0.2, 0) is 0 Å². The molecule has 0 saturated heterocycles. The first-order valence-electron chi connectivity index (χ1n) is 6.48. The van der Waals surface area contributed by atoms with Crippen molar-refractivity contribution in [3.63, 3.8) is 0 Å². The van der Waals surface area contributed by atoms with E-state index in [2.05, 4.69) is 15.8 Å². The van der Waals surface area contributed by atoms with E-state index in [0.717, 1.165) is 17.0 Å². The minimum atomic E-state index is 0.448. The first-order valence-corrected chi connectivity index (χ1v) is 6.89. The normalized spacial score (nSPS) is 10.4. The van der Waals surface area contributed by atoms with Crippen LogP contribution in [0.2, 0.25) is 0 Å². The Labute approximate surface area is 129 Å². The highest BCUT2D eigenvalue weighted by Gasteiger charge is 1.95.